The number of nitrogens with one attached hydrogen (secondary N) is 1. The van der Waals surface area contributed by atoms with Gasteiger partial charge in [0.1, 0.15) is 11.7 Å². The van der Waals surface area contributed by atoms with E-state index in [1.54, 1.807) is 0 Å². The highest BCUT2D eigenvalue weighted by molar-refractivity contribution is 5.92. The normalized spacial score (nSPS) is 36.2. The SMILES string of the molecule is C[C@H]1Cc2cc([C@]3(C)CN4CCNC[C@@H](CO3)C4)ccc2C(=O)O1. The molecule has 3 aliphatic rings. The van der Waals surface area contributed by atoms with Crippen LogP contribution in [0.4, 0.5) is 0 Å². The maximum Gasteiger partial charge on any atom is 0.338 e. The molecular formula is C19H26N2O3. The van der Waals surface area contributed by atoms with Crippen LogP contribution < -0.4 is 5.32 Å². The molecule has 24 heavy (non-hydrogen) atoms. The van der Waals surface area contributed by atoms with Crippen LogP contribution in [0.2, 0.25) is 0 Å². The zero-order chi connectivity index (χ0) is 16.7. The topological polar surface area (TPSA) is 50.8 Å². The second kappa shape index (κ2) is 6.14. The summed E-state index contributed by atoms with van der Waals surface area (Å²) in [7, 11) is 0. The quantitative estimate of drug-likeness (QED) is 0.792. The molecule has 5 nitrogen and oxygen atoms in total. The summed E-state index contributed by atoms with van der Waals surface area (Å²) < 4.78 is 11.7. The van der Waals surface area contributed by atoms with E-state index in [2.05, 4.69) is 23.2 Å². The summed E-state index contributed by atoms with van der Waals surface area (Å²) in [4.78, 5) is 14.5. The van der Waals surface area contributed by atoms with Gasteiger partial charge in [-0.25, -0.2) is 4.79 Å². The van der Waals surface area contributed by atoms with Crippen LogP contribution in [0.25, 0.3) is 0 Å². The largest absolute Gasteiger partial charge is 0.459 e. The van der Waals surface area contributed by atoms with E-state index in [1.165, 1.54) is 5.56 Å². The van der Waals surface area contributed by atoms with Crippen molar-refractivity contribution in [1.82, 2.24) is 10.2 Å². The summed E-state index contributed by atoms with van der Waals surface area (Å²) in [5, 5.41) is 3.49. The number of fused-ring (bicyclic) bond motifs is 3. The van der Waals surface area contributed by atoms with E-state index in [0.717, 1.165) is 51.3 Å². The van der Waals surface area contributed by atoms with Crippen molar-refractivity contribution >= 4 is 5.97 Å². The number of cyclic esters (lactones) is 1. The third-order valence-corrected chi connectivity index (χ3v) is 5.47. The summed E-state index contributed by atoms with van der Waals surface area (Å²) in [5.74, 6) is 0.339. The van der Waals surface area contributed by atoms with Crippen LogP contribution in [0.3, 0.4) is 0 Å². The van der Waals surface area contributed by atoms with Gasteiger partial charge >= 0.3 is 5.97 Å². The number of rotatable bonds is 1. The first kappa shape index (κ1) is 16.1. The molecule has 2 fully saturated rings. The number of ether oxygens (including phenoxy) is 2. The molecule has 0 saturated carbocycles. The number of hydrogen-bond acceptors (Lipinski definition) is 5. The molecule has 1 aromatic rings. The maximum atomic E-state index is 12.0. The molecular weight excluding hydrogens is 304 g/mol. The number of benzene rings is 1. The van der Waals surface area contributed by atoms with E-state index >= 15 is 0 Å². The van der Waals surface area contributed by atoms with Crippen LogP contribution in [0.5, 0.6) is 0 Å². The molecule has 0 amide bonds. The van der Waals surface area contributed by atoms with Crippen molar-refractivity contribution in [2.24, 2.45) is 5.92 Å². The first-order valence-corrected chi connectivity index (χ1v) is 8.95. The number of nitrogens with zero attached hydrogens (tertiary/aromatic N) is 1. The molecule has 2 saturated heterocycles. The fourth-order valence-corrected chi connectivity index (χ4v) is 4.16. The van der Waals surface area contributed by atoms with Gasteiger partial charge in [-0.3, -0.25) is 4.90 Å². The molecule has 130 valence electrons. The summed E-state index contributed by atoms with van der Waals surface area (Å²) in [6.07, 6.45) is 0.724. The molecule has 3 aliphatic heterocycles. The van der Waals surface area contributed by atoms with E-state index < -0.39 is 0 Å². The molecule has 1 aromatic carbocycles. The molecule has 0 radical (unpaired) electrons. The average molecular weight is 330 g/mol. The Morgan fingerprint density at radius 3 is 3.12 bits per heavy atom. The molecule has 3 heterocycles. The van der Waals surface area contributed by atoms with Gasteiger partial charge in [-0.15, -0.1) is 0 Å². The van der Waals surface area contributed by atoms with Crippen LogP contribution in [-0.2, 0) is 21.5 Å². The molecule has 0 spiro atoms. The van der Waals surface area contributed by atoms with E-state index in [0.29, 0.717) is 11.5 Å². The van der Waals surface area contributed by atoms with Crippen molar-refractivity contribution in [3.05, 3.63) is 34.9 Å². The summed E-state index contributed by atoms with van der Waals surface area (Å²) >= 11 is 0. The lowest BCUT2D eigenvalue weighted by Gasteiger charge is -2.34. The van der Waals surface area contributed by atoms with Crippen molar-refractivity contribution in [2.75, 3.05) is 39.3 Å². The van der Waals surface area contributed by atoms with Crippen LogP contribution in [0, 0.1) is 5.92 Å². The Morgan fingerprint density at radius 2 is 2.25 bits per heavy atom. The van der Waals surface area contributed by atoms with Crippen LogP contribution in [-0.4, -0.2) is 56.3 Å². The van der Waals surface area contributed by atoms with Gasteiger partial charge in [0.15, 0.2) is 0 Å². The van der Waals surface area contributed by atoms with E-state index in [-0.39, 0.29) is 17.7 Å². The van der Waals surface area contributed by atoms with Crippen molar-refractivity contribution in [3.63, 3.8) is 0 Å². The van der Waals surface area contributed by atoms with Crippen molar-refractivity contribution in [1.29, 1.82) is 0 Å². The predicted octanol–water partition coefficient (Wildman–Crippen LogP) is 1.55. The third-order valence-electron chi connectivity index (χ3n) is 5.47. The molecule has 1 unspecified atom stereocenters. The Balaban J connectivity index is 1.65. The number of carbonyl (C=O) groups is 1. The highest BCUT2D eigenvalue weighted by Crippen LogP contribution is 2.33. The fourth-order valence-electron chi connectivity index (χ4n) is 4.16. The minimum Gasteiger partial charge on any atom is -0.459 e. The van der Waals surface area contributed by atoms with Gasteiger partial charge in [0.2, 0.25) is 0 Å². The van der Waals surface area contributed by atoms with E-state index in [1.807, 2.05) is 19.1 Å². The second-order valence-electron chi connectivity index (χ2n) is 7.64. The van der Waals surface area contributed by atoms with Crippen molar-refractivity contribution in [3.8, 4) is 0 Å². The first-order valence-electron chi connectivity index (χ1n) is 8.95. The minimum atomic E-state index is -0.328. The summed E-state index contributed by atoms with van der Waals surface area (Å²) in [6, 6.07) is 6.11. The van der Waals surface area contributed by atoms with Gasteiger partial charge in [0.05, 0.1) is 12.2 Å². The molecule has 4 atom stereocenters. The fraction of sp³-hybridized carbons (Fsp3) is 0.632. The highest BCUT2D eigenvalue weighted by atomic mass is 16.5. The molecule has 0 aliphatic carbocycles. The average Bonchev–Trinajstić information content (AvgIpc) is 2.86. The van der Waals surface area contributed by atoms with Gasteiger partial charge in [-0.2, -0.15) is 0 Å². The molecule has 2 bridgehead atoms. The lowest BCUT2D eigenvalue weighted by molar-refractivity contribution is -0.0458. The van der Waals surface area contributed by atoms with Crippen LogP contribution in [0.15, 0.2) is 18.2 Å². The third kappa shape index (κ3) is 2.96. The number of hydrogen-bond donors (Lipinski definition) is 1. The molecule has 4 rings (SSSR count). The summed E-state index contributed by atoms with van der Waals surface area (Å²) in [6.45, 7) is 10.0. The maximum absolute atomic E-state index is 12.0. The Morgan fingerprint density at radius 1 is 1.38 bits per heavy atom. The highest BCUT2D eigenvalue weighted by Gasteiger charge is 2.37. The number of carbonyl (C=O) groups excluding carboxylic acids is 1. The monoisotopic (exact) mass is 330 g/mol. The minimum absolute atomic E-state index is 0.0549. The Bertz CT molecular complexity index is 647. The summed E-state index contributed by atoms with van der Waals surface area (Å²) in [5.41, 5.74) is 2.63. The van der Waals surface area contributed by atoms with Crippen molar-refractivity contribution in [2.45, 2.75) is 32.0 Å². The van der Waals surface area contributed by atoms with E-state index in [9.17, 15) is 4.79 Å². The standard InChI is InChI=1S/C19H26N2O3/c1-13-7-15-8-16(3-4-17(15)18(22)24-13)19(2)12-21-6-5-20-9-14(10-21)11-23-19/h3-4,8,13-14,20H,5-7,9-12H2,1-2H3/t13-,14+,19-/m0/s1. The second-order valence-corrected chi connectivity index (χ2v) is 7.64. The van der Waals surface area contributed by atoms with Gasteiger partial charge in [0, 0.05) is 45.1 Å². The smallest absolute Gasteiger partial charge is 0.338 e. The zero-order valence-corrected chi connectivity index (χ0v) is 14.5. The zero-order valence-electron chi connectivity index (χ0n) is 14.5. The Labute approximate surface area is 143 Å². The lowest BCUT2D eigenvalue weighted by Crippen LogP contribution is -2.41. The van der Waals surface area contributed by atoms with Crippen LogP contribution >= 0.6 is 0 Å². The van der Waals surface area contributed by atoms with E-state index in [4.69, 9.17) is 9.47 Å². The number of esters is 1. The Kier molecular flexibility index (Phi) is 4.11. The van der Waals surface area contributed by atoms with Gasteiger partial charge in [0.25, 0.3) is 0 Å². The van der Waals surface area contributed by atoms with Gasteiger partial charge in [-0.1, -0.05) is 12.1 Å². The Hall–Kier alpha value is -1.43. The first-order chi connectivity index (χ1) is 11.5. The molecule has 0 aromatic heterocycles. The van der Waals surface area contributed by atoms with Crippen molar-refractivity contribution < 1.29 is 14.3 Å². The van der Waals surface area contributed by atoms with Gasteiger partial charge < -0.3 is 14.8 Å². The molecule has 1 N–H and O–H groups in total. The van der Waals surface area contributed by atoms with Crippen LogP contribution in [0.1, 0.15) is 35.3 Å². The molecule has 5 heteroatoms. The lowest BCUT2D eigenvalue weighted by atomic mass is 9.89. The predicted molar refractivity (Wildman–Crippen MR) is 91.1 cm³/mol. The van der Waals surface area contributed by atoms with Gasteiger partial charge in [-0.05, 0) is 31.0 Å².